The van der Waals surface area contributed by atoms with Gasteiger partial charge in [-0.2, -0.15) is 0 Å². The van der Waals surface area contributed by atoms with Gasteiger partial charge in [-0.3, -0.25) is 0 Å². The first-order chi connectivity index (χ1) is 10.8. The molecular weight excluding hydrogens is 286 g/mol. The molecular formula is C20H15NS. The Kier molecular flexibility index (Phi) is 3.24. The SMILES string of the molecule is Cc1nc(-c2ccccc2)c(-c2ccc3ccccc3c2)s1. The van der Waals surface area contributed by atoms with Gasteiger partial charge >= 0.3 is 0 Å². The van der Waals surface area contributed by atoms with Crippen molar-refractivity contribution < 1.29 is 0 Å². The van der Waals surface area contributed by atoms with Crippen LogP contribution in [-0.2, 0) is 0 Å². The Hall–Kier alpha value is -2.45. The van der Waals surface area contributed by atoms with Crippen LogP contribution in [0, 0.1) is 6.92 Å². The summed E-state index contributed by atoms with van der Waals surface area (Å²) in [5, 5.41) is 3.64. The van der Waals surface area contributed by atoms with Gasteiger partial charge in [-0.25, -0.2) is 4.98 Å². The molecule has 0 fully saturated rings. The van der Waals surface area contributed by atoms with E-state index in [1.54, 1.807) is 11.3 Å². The van der Waals surface area contributed by atoms with E-state index in [0.29, 0.717) is 0 Å². The molecule has 0 saturated carbocycles. The van der Waals surface area contributed by atoms with Crippen LogP contribution in [0.5, 0.6) is 0 Å². The van der Waals surface area contributed by atoms with Gasteiger partial charge in [0.25, 0.3) is 0 Å². The van der Waals surface area contributed by atoms with Gasteiger partial charge in [0.2, 0.25) is 0 Å². The predicted molar refractivity (Wildman–Crippen MR) is 95.2 cm³/mol. The number of thiazole rings is 1. The van der Waals surface area contributed by atoms with Crippen LogP contribution < -0.4 is 0 Å². The molecule has 0 bridgehead atoms. The van der Waals surface area contributed by atoms with Crippen molar-refractivity contribution in [1.82, 2.24) is 4.98 Å². The summed E-state index contributed by atoms with van der Waals surface area (Å²) in [6.45, 7) is 2.07. The zero-order valence-corrected chi connectivity index (χ0v) is 13.1. The zero-order valence-electron chi connectivity index (χ0n) is 12.3. The lowest BCUT2D eigenvalue weighted by Crippen LogP contribution is -1.82. The van der Waals surface area contributed by atoms with Crippen LogP contribution in [0.15, 0.2) is 72.8 Å². The van der Waals surface area contributed by atoms with E-state index in [0.717, 1.165) is 10.7 Å². The summed E-state index contributed by atoms with van der Waals surface area (Å²) in [4.78, 5) is 6.00. The maximum absolute atomic E-state index is 4.76. The van der Waals surface area contributed by atoms with E-state index in [4.69, 9.17) is 4.98 Å². The molecule has 0 spiro atoms. The average Bonchev–Trinajstić information content (AvgIpc) is 2.97. The second-order valence-corrected chi connectivity index (χ2v) is 6.54. The van der Waals surface area contributed by atoms with Crippen molar-refractivity contribution in [3.63, 3.8) is 0 Å². The fourth-order valence-corrected chi connectivity index (χ4v) is 3.68. The molecule has 0 amide bonds. The molecule has 0 atom stereocenters. The topological polar surface area (TPSA) is 12.9 Å². The Morgan fingerprint density at radius 3 is 2.27 bits per heavy atom. The first kappa shape index (κ1) is 13.2. The van der Waals surface area contributed by atoms with Crippen molar-refractivity contribution >= 4 is 22.1 Å². The van der Waals surface area contributed by atoms with Crippen molar-refractivity contribution in [2.45, 2.75) is 6.92 Å². The number of hydrogen-bond donors (Lipinski definition) is 0. The van der Waals surface area contributed by atoms with Gasteiger partial charge < -0.3 is 0 Å². The molecule has 4 rings (SSSR count). The molecule has 1 nitrogen and oxygen atoms in total. The minimum atomic E-state index is 1.08. The fraction of sp³-hybridized carbons (Fsp3) is 0.0500. The molecule has 0 aliphatic heterocycles. The van der Waals surface area contributed by atoms with Gasteiger partial charge in [0.15, 0.2) is 0 Å². The Morgan fingerprint density at radius 1 is 0.727 bits per heavy atom. The summed E-state index contributed by atoms with van der Waals surface area (Å²) >= 11 is 1.76. The van der Waals surface area contributed by atoms with Crippen LogP contribution in [0.4, 0.5) is 0 Å². The van der Waals surface area contributed by atoms with E-state index in [1.807, 2.05) is 6.07 Å². The van der Waals surface area contributed by atoms with Crippen molar-refractivity contribution in [2.75, 3.05) is 0 Å². The predicted octanol–water partition coefficient (Wildman–Crippen LogP) is 5.94. The third-order valence-electron chi connectivity index (χ3n) is 3.79. The first-order valence-electron chi connectivity index (χ1n) is 7.33. The minimum absolute atomic E-state index is 1.08. The van der Waals surface area contributed by atoms with E-state index >= 15 is 0 Å². The largest absolute Gasteiger partial charge is 0.241 e. The zero-order chi connectivity index (χ0) is 14.9. The minimum Gasteiger partial charge on any atom is -0.241 e. The highest BCUT2D eigenvalue weighted by Gasteiger charge is 2.13. The highest BCUT2D eigenvalue weighted by molar-refractivity contribution is 7.15. The fourth-order valence-electron chi connectivity index (χ4n) is 2.74. The molecule has 1 aromatic heterocycles. The molecule has 106 valence electrons. The molecule has 2 heteroatoms. The molecule has 0 N–H and O–H groups in total. The van der Waals surface area contributed by atoms with Crippen LogP contribution in [0.25, 0.3) is 32.5 Å². The second kappa shape index (κ2) is 5.39. The molecule has 22 heavy (non-hydrogen) atoms. The van der Waals surface area contributed by atoms with Gasteiger partial charge in [0, 0.05) is 5.56 Å². The Labute approximate surface area is 133 Å². The number of aryl methyl sites for hydroxylation is 1. The van der Waals surface area contributed by atoms with Crippen molar-refractivity contribution in [3.05, 3.63) is 77.8 Å². The molecule has 0 saturated heterocycles. The smallest absolute Gasteiger partial charge is 0.0908 e. The standard InChI is InChI=1S/C20H15NS/c1-14-21-19(16-8-3-2-4-9-16)20(22-14)18-12-11-15-7-5-6-10-17(15)13-18/h2-13H,1H3. The summed E-state index contributed by atoms with van der Waals surface area (Å²) in [5.74, 6) is 0. The summed E-state index contributed by atoms with van der Waals surface area (Å²) in [5.41, 5.74) is 3.50. The highest BCUT2D eigenvalue weighted by Crippen LogP contribution is 2.37. The highest BCUT2D eigenvalue weighted by atomic mass is 32.1. The molecule has 0 aliphatic rings. The van der Waals surface area contributed by atoms with Crippen molar-refractivity contribution in [2.24, 2.45) is 0 Å². The molecule has 0 unspecified atom stereocenters. The number of benzene rings is 3. The summed E-state index contributed by atoms with van der Waals surface area (Å²) in [6.07, 6.45) is 0. The Balaban J connectivity index is 1.91. The number of fused-ring (bicyclic) bond motifs is 1. The summed E-state index contributed by atoms with van der Waals surface area (Å²) in [7, 11) is 0. The molecule has 4 aromatic rings. The first-order valence-corrected chi connectivity index (χ1v) is 8.15. The van der Waals surface area contributed by atoms with E-state index in [9.17, 15) is 0 Å². The lowest BCUT2D eigenvalue weighted by molar-refractivity contribution is 1.30. The van der Waals surface area contributed by atoms with Gasteiger partial charge in [-0.15, -0.1) is 11.3 Å². The number of hydrogen-bond acceptors (Lipinski definition) is 2. The van der Waals surface area contributed by atoms with E-state index < -0.39 is 0 Å². The van der Waals surface area contributed by atoms with Crippen LogP contribution in [-0.4, -0.2) is 4.98 Å². The Morgan fingerprint density at radius 2 is 1.45 bits per heavy atom. The molecule has 0 radical (unpaired) electrons. The van der Waals surface area contributed by atoms with E-state index in [1.165, 1.54) is 26.8 Å². The van der Waals surface area contributed by atoms with Gasteiger partial charge in [-0.05, 0) is 29.3 Å². The maximum Gasteiger partial charge on any atom is 0.0908 e. The third kappa shape index (κ3) is 2.32. The molecule has 3 aromatic carbocycles. The number of rotatable bonds is 2. The van der Waals surface area contributed by atoms with Crippen LogP contribution in [0.3, 0.4) is 0 Å². The monoisotopic (exact) mass is 301 g/mol. The maximum atomic E-state index is 4.76. The van der Waals surface area contributed by atoms with Gasteiger partial charge in [0.05, 0.1) is 15.6 Å². The molecule has 1 heterocycles. The van der Waals surface area contributed by atoms with Crippen LogP contribution in [0.2, 0.25) is 0 Å². The lowest BCUT2D eigenvalue weighted by Gasteiger charge is -2.05. The summed E-state index contributed by atoms with van der Waals surface area (Å²) in [6, 6.07) is 25.5. The lowest BCUT2D eigenvalue weighted by atomic mass is 10.0. The van der Waals surface area contributed by atoms with Crippen molar-refractivity contribution in [3.8, 4) is 21.7 Å². The van der Waals surface area contributed by atoms with E-state index in [2.05, 4.69) is 73.7 Å². The Bertz CT molecular complexity index is 938. The van der Waals surface area contributed by atoms with Crippen molar-refractivity contribution in [1.29, 1.82) is 0 Å². The normalized spacial score (nSPS) is 11.0. The van der Waals surface area contributed by atoms with Crippen LogP contribution >= 0.6 is 11.3 Å². The van der Waals surface area contributed by atoms with E-state index in [-0.39, 0.29) is 0 Å². The van der Waals surface area contributed by atoms with Gasteiger partial charge in [-0.1, -0.05) is 66.7 Å². The third-order valence-corrected chi connectivity index (χ3v) is 4.81. The molecule has 0 aliphatic carbocycles. The quantitative estimate of drug-likeness (QED) is 0.446. The number of nitrogens with zero attached hydrogens (tertiary/aromatic N) is 1. The average molecular weight is 301 g/mol. The number of aromatic nitrogens is 1. The van der Waals surface area contributed by atoms with Crippen LogP contribution in [0.1, 0.15) is 5.01 Å². The second-order valence-electron chi connectivity index (χ2n) is 5.34. The van der Waals surface area contributed by atoms with Gasteiger partial charge in [0.1, 0.15) is 0 Å². The summed E-state index contributed by atoms with van der Waals surface area (Å²) < 4.78 is 0.